The molecule has 34 heavy (non-hydrogen) atoms. The molecular weight excluding hydrogens is 466 g/mol. The Morgan fingerprint density at radius 3 is 2.32 bits per heavy atom. The quantitative estimate of drug-likeness (QED) is 0.450. The van der Waals surface area contributed by atoms with Gasteiger partial charge in [-0.2, -0.15) is 13.2 Å². The van der Waals surface area contributed by atoms with Crippen molar-refractivity contribution in [1.82, 2.24) is 9.88 Å². The lowest BCUT2D eigenvalue weighted by Crippen LogP contribution is -2.33. The molecule has 5 nitrogen and oxygen atoms in total. The highest BCUT2D eigenvalue weighted by Gasteiger charge is 2.34. The van der Waals surface area contributed by atoms with E-state index >= 15 is 0 Å². The summed E-state index contributed by atoms with van der Waals surface area (Å²) in [6.07, 6.45) is -9.48. The van der Waals surface area contributed by atoms with E-state index in [-0.39, 0.29) is 31.1 Å². The first-order valence-electron chi connectivity index (χ1n) is 9.95. The summed E-state index contributed by atoms with van der Waals surface area (Å²) >= 11 is 0. The van der Waals surface area contributed by atoms with Crippen molar-refractivity contribution < 1.29 is 40.6 Å². The second kappa shape index (κ2) is 8.88. The van der Waals surface area contributed by atoms with Crippen LogP contribution in [0.25, 0.3) is 11.1 Å². The van der Waals surface area contributed by atoms with Crippen LogP contribution in [0.15, 0.2) is 60.7 Å². The minimum Gasteiger partial charge on any atom is -0.491 e. The molecule has 1 aliphatic heterocycles. The first-order valence-corrected chi connectivity index (χ1v) is 9.95. The average molecular weight is 482 g/mol. The van der Waals surface area contributed by atoms with E-state index < -0.39 is 24.1 Å². The summed E-state index contributed by atoms with van der Waals surface area (Å²) in [5.74, 6) is -0.547. The average Bonchev–Trinajstić information content (AvgIpc) is 2.99. The van der Waals surface area contributed by atoms with Gasteiger partial charge >= 0.3 is 12.5 Å². The molecule has 0 unspecified atom stereocenters. The monoisotopic (exact) mass is 482 g/mol. The summed E-state index contributed by atoms with van der Waals surface area (Å²) in [4.78, 5) is 17.7. The number of amides is 1. The number of rotatable bonds is 3. The van der Waals surface area contributed by atoms with Crippen LogP contribution in [0.4, 0.5) is 26.3 Å². The van der Waals surface area contributed by atoms with Crippen LogP contribution in [-0.2, 0) is 12.7 Å². The molecular formula is C23H16F6N2O3. The van der Waals surface area contributed by atoms with Crippen LogP contribution in [0.1, 0.15) is 21.7 Å². The van der Waals surface area contributed by atoms with E-state index in [0.29, 0.717) is 22.4 Å². The molecule has 0 aliphatic carbocycles. The van der Waals surface area contributed by atoms with Crippen LogP contribution in [0.2, 0.25) is 0 Å². The van der Waals surface area contributed by atoms with E-state index in [9.17, 15) is 31.1 Å². The van der Waals surface area contributed by atoms with Gasteiger partial charge in [0.25, 0.3) is 5.91 Å². The third kappa shape index (κ3) is 5.41. The molecule has 0 bridgehead atoms. The summed E-state index contributed by atoms with van der Waals surface area (Å²) < 4.78 is 85.6. The summed E-state index contributed by atoms with van der Waals surface area (Å²) in [7, 11) is 0. The van der Waals surface area contributed by atoms with Gasteiger partial charge in [0, 0.05) is 12.1 Å². The van der Waals surface area contributed by atoms with Crippen molar-refractivity contribution in [2.75, 3.05) is 13.2 Å². The van der Waals surface area contributed by atoms with Crippen molar-refractivity contribution >= 4 is 5.91 Å². The number of hydrogen-bond donors (Lipinski definition) is 0. The lowest BCUT2D eigenvalue weighted by Gasteiger charge is -2.20. The molecule has 11 heteroatoms. The first-order chi connectivity index (χ1) is 16.0. The van der Waals surface area contributed by atoms with E-state index in [1.807, 2.05) is 0 Å². The highest BCUT2D eigenvalue weighted by Crippen LogP contribution is 2.32. The topological polar surface area (TPSA) is 51.7 Å². The molecule has 178 valence electrons. The molecule has 0 fully saturated rings. The van der Waals surface area contributed by atoms with E-state index in [0.717, 1.165) is 12.1 Å². The number of fused-ring (bicyclic) bond motifs is 1. The van der Waals surface area contributed by atoms with Gasteiger partial charge in [0.05, 0.1) is 6.54 Å². The fraction of sp³-hybridized carbons (Fsp3) is 0.217. The number of pyridine rings is 1. The molecule has 1 aromatic heterocycles. The van der Waals surface area contributed by atoms with E-state index in [1.165, 1.54) is 35.2 Å². The number of ether oxygens (including phenoxy) is 2. The minimum absolute atomic E-state index is 0.0508. The van der Waals surface area contributed by atoms with Crippen molar-refractivity contribution in [1.29, 1.82) is 0 Å². The van der Waals surface area contributed by atoms with Gasteiger partial charge < -0.3 is 14.4 Å². The maximum atomic E-state index is 13.0. The first kappa shape index (κ1) is 23.4. The standard InChI is InChI=1S/C23H16F6N2O3/c24-22(25,26)20-3-1-2-18(30-20)21(32)31-10-11-33-19-9-6-15(12-16(19)13-31)14-4-7-17(8-5-14)34-23(27,28)29/h1-9,12H,10-11,13H2. The molecule has 2 heterocycles. The van der Waals surface area contributed by atoms with Crippen LogP contribution in [-0.4, -0.2) is 35.3 Å². The molecule has 0 N–H and O–H groups in total. The number of halogens is 6. The third-order valence-electron chi connectivity index (χ3n) is 5.01. The number of hydrogen-bond acceptors (Lipinski definition) is 4. The van der Waals surface area contributed by atoms with Crippen molar-refractivity contribution in [2.45, 2.75) is 19.1 Å². The number of carbonyl (C=O) groups is 1. The zero-order chi connectivity index (χ0) is 24.5. The highest BCUT2D eigenvalue weighted by molar-refractivity contribution is 5.92. The SMILES string of the molecule is O=C(c1cccc(C(F)(F)F)n1)N1CCOc2ccc(-c3ccc(OC(F)(F)F)cc3)cc2C1. The Labute approximate surface area is 189 Å². The Hall–Kier alpha value is -3.76. The Morgan fingerprint density at radius 1 is 0.941 bits per heavy atom. The lowest BCUT2D eigenvalue weighted by atomic mass is 10.0. The number of alkyl halides is 6. The molecule has 0 saturated carbocycles. The van der Waals surface area contributed by atoms with Gasteiger partial charge in [0.15, 0.2) is 0 Å². The Morgan fingerprint density at radius 2 is 1.65 bits per heavy atom. The van der Waals surface area contributed by atoms with Gasteiger partial charge in [0.2, 0.25) is 0 Å². The number of carbonyl (C=O) groups excluding carboxylic acids is 1. The predicted molar refractivity (Wildman–Crippen MR) is 108 cm³/mol. The largest absolute Gasteiger partial charge is 0.573 e. The number of benzene rings is 2. The zero-order valence-corrected chi connectivity index (χ0v) is 17.3. The fourth-order valence-electron chi connectivity index (χ4n) is 3.47. The molecule has 0 spiro atoms. The van der Waals surface area contributed by atoms with Crippen molar-refractivity contribution in [3.05, 3.63) is 77.6 Å². The van der Waals surface area contributed by atoms with E-state index in [2.05, 4.69) is 9.72 Å². The van der Waals surface area contributed by atoms with Crippen LogP contribution in [0.3, 0.4) is 0 Å². The molecule has 0 radical (unpaired) electrons. The Kier molecular flexibility index (Phi) is 6.11. The van der Waals surface area contributed by atoms with Crippen LogP contribution >= 0.6 is 0 Å². The molecule has 0 saturated heterocycles. The van der Waals surface area contributed by atoms with E-state index in [1.54, 1.807) is 18.2 Å². The molecule has 0 atom stereocenters. The maximum absolute atomic E-state index is 13.0. The maximum Gasteiger partial charge on any atom is 0.573 e. The third-order valence-corrected chi connectivity index (χ3v) is 5.01. The van der Waals surface area contributed by atoms with Gasteiger partial charge in [-0.25, -0.2) is 4.98 Å². The van der Waals surface area contributed by atoms with Crippen molar-refractivity contribution in [3.8, 4) is 22.6 Å². The molecule has 3 aromatic rings. The minimum atomic E-state index is -4.80. The van der Waals surface area contributed by atoms with Crippen molar-refractivity contribution in [3.63, 3.8) is 0 Å². The van der Waals surface area contributed by atoms with Crippen molar-refractivity contribution in [2.24, 2.45) is 0 Å². The summed E-state index contributed by atoms with van der Waals surface area (Å²) in [6, 6.07) is 13.5. The van der Waals surface area contributed by atoms with Crippen LogP contribution < -0.4 is 9.47 Å². The Balaban J connectivity index is 1.57. The lowest BCUT2D eigenvalue weighted by molar-refractivity contribution is -0.274. The number of nitrogens with zero attached hydrogens (tertiary/aromatic N) is 2. The van der Waals surface area contributed by atoms with Gasteiger partial charge in [-0.3, -0.25) is 4.79 Å². The summed E-state index contributed by atoms with van der Waals surface area (Å²) in [5, 5.41) is 0. The van der Waals surface area contributed by atoms with Gasteiger partial charge in [0.1, 0.15) is 29.5 Å². The highest BCUT2D eigenvalue weighted by atomic mass is 19.4. The van der Waals surface area contributed by atoms with Gasteiger partial charge in [-0.1, -0.05) is 24.3 Å². The molecule has 4 rings (SSSR count). The molecule has 1 amide bonds. The second-order valence-corrected chi connectivity index (χ2v) is 7.38. The van der Waals surface area contributed by atoms with Gasteiger partial charge in [-0.05, 0) is 47.5 Å². The predicted octanol–water partition coefficient (Wildman–Crippen LogP) is 5.70. The molecule has 2 aromatic carbocycles. The second-order valence-electron chi connectivity index (χ2n) is 7.38. The zero-order valence-electron chi connectivity index (χ0n) is 17.3. The van der Waals surface area contributed by atoms with Crippen LogP contribution in [0.5, 0.6) is 11.5 Å². The smallest absolute Gasteiger partial charge is 0.491 e. The van der Waals surface area contributed by atoms with Gasteiger partial charge in [-0.15, -0.1) is 13.2 Å². The summed E-state index contributed by atoms with van der Waals surface area (Å²) in [6.45, 7) is 0.306. The molecule has 1 aliphatic rings. The van der Waals surface area contributed by atoms with E-state index in [4.69, 9.17) is 4.74 Å². The van der Waals surface area contributed by atoms with Crippen LogP contribution in [0, 0.1) is 0 Å². The summed E-state index contributed by atoms with van der Waals surface area (Å²) in [5.41, 5.74) is 0.331. The fourth-order valence-corrected chi connectivity index (χ4v) is 3.47. The number of aromatic nitrogens is 1. The Bertz CT molecular complexity index is 1190. The normalized spacial score (nSPS) is 14.1.